The first-order valence-electron chi connectivity index (χ1n) is 6.80. The average molecular weight is 283 g/mol. The fourth-order valence-corrected chi connectivity index (χ4v) is 1.83. The summed E-state index contributed by atoms with van der Waals surface area (Å²) < 4.78 is 12.1. The maximum atomic E-state index is 12.4. The lowest BCUT2D eigenvalue weighted by molar-refractivity contribution is 0.0866. The number of hydrogen-bond acceptors (Lipinski definition) is 5. The number of ether oxygens (including phenoxy) is 2. The van der Waals surface area contributed by atoms with Gasteiger partial charge in [0.15, 0.2) is 11.5 Å². The van der Waals surface area contributed by atoms with Crippen LogP contribution in [0.3, 0.4) is 0 Å². The summed E-state index contributed by atoms with van der Waals surface area (Å²) in [4.78, 5) is 14.4. The lowest BCUT2D eigenvalue weighted by Crippen LogP contribution is -2.22. The molecular weight excluding hydrogens is 258 g/mol. The predicted octanol–water partition coefficient (Wildman–Crippen LogP) is 1.45. The van der Waals surface area contributed by atoms with Crippen molar-refractivity contribution in [1.29, 1.82) is 0 Å². The molecular formula is C14H25N3O3. The molecule has 0 amide bonds. The second kappa shape index (κ2) is 8.01. The minimum atomic E-state index is 0.0435. The Balaban J connectivity index is 2.79. The van der Waals surface area contributed by atoms with E-state index in [-0.39, 0.29) is 11.9 Å². The van der Waals surface area contributed by atoms with Crippen LogP contribution in [0.2, 0.25) is 0 Å². The van der Waals surface area contributed by atoms with E-state index >= 15 is 0 Å². The second-order valence-electron chi connectivity index (χ2n) is 5.10. The van der Waals surface area contributed by atoms with Gasteiger partial charge in [0, 0.05) is 20.1 Å². The molecule has 0 aliphatic carbocycles. The Morgan fingerprint density at radius 2 is 2.15 bits per heavy atom. The zero-order valence-corrected chi connectivity index (χ0v) is 13.0. The fourth-order valence-electron chi connectivity index (χ4n) is 1.83. The third-order valence-corrected chi connectivity index (χ3v) is 3.23. The highest BCUT2D eigenvalue weighted by molar-refractivity contribution is 5.97. The average Bonchev–Trinajstić information content (AvgIpc) is 2.84. The maximum Gasteiger partial charge on any atom is 0.184 e. The van der Waals surface area contributed by atoms with E-state index in [1.807, 2.05) is 21.0 Å². The number of nitrogens with zero attached hydrogens (tertiary/aromatic N) is 3. The molecule has 1 aromatic heterocycles. The van der Waals surface area contributed by atoms with Gasteiger partial charge in [-0.2, -0.15) is 5.10 Å². The molecule has 0 bridgehead atoms. The van der Waals surface area contributed by atoms with Crippen LogP contribution in [0.25, 0.3) is 0 Å². The molecule has 0 N–H and O–H groups in total. The zero-order valence-electron chi connectivity index (χ0n) is 13.0. The van der Waals surface area contributed by atoms with Gasteiger partial charge in [0.25, 0.3) is 0 Å². The quantitative estimate of drug-likeness (QED) is 0.642. The van der Waals surface area contributed by atoms with Crippen molar-refractivity contribution in [2.45, 2.75) is 32.4 Å². The topological polar surface area (TPSA) is 56.6 Å². The molecule has 0 aliphatic heterocycles. The third kappa shape index (κ3) is 4.61. The number of hydrogen-bond donors (Lipinski definition) is 0. The Morgan fingerprint density at radius 1 is 1.45 bits per heavy atom. The molecule has 114 valence electrons. The zero-order chi connectivity index (χ0) is 15.1. The molecule has 0 aromatic carbocycles. The van der Waals surface area contributed by atoms with Gasteiger partial charge in [-0.25, -0.2) is 0 Å². The van der Waals surface area contributed by atoms with Crippen LogP contribution in [0.15, 0.2) is 6.20 Å². The molecule has 0 saturated heterocycles. The molecule has 1 aromatic rings. The molecule has 0 saturated carbocycles. The molecule has 6 nitrogen and oxygen atoms in total. The van der Waals surface area contributed by atoms with Crippen LogP contribution in [0, 0.1) is 0 Å². The van der Waals surface area contributed by atoms with E-state index in [9.17, 15) is 4.79 Å². The van der Waals surface area contributed by atoms with Crippen LogP contribution in [0.4, 0.5) is 0 Å². The first kappa shape index (κ1) is 16.7. The summed E-state index contributed by atoms with van der Waals surface area (Å²) in [5.74, 6) is 0.584. The normalized spacial score (nSPS) is 12.7. The number of aromatic nitrogens is 2. The van der Waals surface area contributed by atoms with Gasteiger partial charge in [0.1, 0.15) is 5.69 Å². The SMILES string of the molecule is COc1cnn(CCN(C)C)c1C(=O)CCC(C)OC. The van der Waals surface area contributed by atoms with Gasteiger partial charge >= 0.3 is 0 Å². The van der Waals surface area contributed by atoms with Crippen molar-refractivity contribution in [3.63, 3.8) is 0 Å². The van der Waals surface area contributed by atoms with Crippen LogP contribution in [0.1, 0.15) is 30.3 Å². The smallest absolute Gasteiger partial charge is 0.184 e. The van der Waals surface area contributed by atoms with Crippen LogP contribution < -0.4 is 4.74 Å². The number of Topliss-reactive ketones (excluding diaryl/α,β-unsaturated/α-hetero) is 1. The number of methoxy groups -OCH3 is 2. The highest BCUT2D eigenvalue weighted by atomic mass is 16.5. The van der Waals surface area contributed by atoms with Crippen LogP contribution in [0.5, 0.6) is 5.75 Å². The summed E-state index contributed by atoms with van der Waals surface area (Å²) in [5, 5.41) is 4.24. The van der Waals surface area contributed by atoms with Crippen molar-refractivity contribution in [2.24, 2.45) is 0 Å². The van der Waals surface area contributed by atoms with Gasteiger partial charge in [0.2, 0.25) is 0 Å². The van der Waals surface area contributed by atoms with Crippen LogP contribution >= 0.6 is 0 Å². The van der Waals surface area contributed by atoms with E-state index < -0.39 is 0 Å². The molecule has 1 heterocycles. The lowest BCUT2D eigenvalue weighted by atomic mass is 10.1. The highest BCUT2D eigenvalue weighted by Gasteiger charge is 2.19. The third-order valence-electron chi connectivity index (χ3n) is 3.23. The van der Waals surface area contributed by atoms with Gasteiger partial charge in [-0.05, 0) is 27.4 Å². The molecule has 0 aliphatic rings. The van der Waals surface area contributed by atoms with Crippen LogP contribution in [-0.4, -0.2) is 61.4 Å². The van der Waals surface area contributed by atoms with Crippen molar-refractivity contribution in [1.82, 2.24) is 14.7 Å². The van der Waals surface area contributed by atoms with E-state index in [4.69, 9.17) is 9.47 Å². The Labute approximate surface area is 120 Å². The van der Waals surface area contributed by atoms with Crippen molar-refractivity contribution in [3.05, 3.63) is 11.9 Å². The molecule has 1 unspecified atom stereocenters. The maximum absolute atomic E-state index is 12.4. The van der Waals surface area contributed by atoms with Crippen molar-refractivity contribution < 1.29 is 14.3 Å². The summed E-state index contributed by atoms with van der Waals surface area (Å²) in [5.41, 5.74) is 0.553. The second-order valence-corrected chi connectivity index (χ2v) is 5.10. The van der Waals surface area contributed by atoms with E-state index in [1.165, 1.54) is 0 Å². The Hall–Kier alpha value is -1.40. The van der Waals surface area contributed by atoms with Gasteiger partial charge in [-0.3, -0.25) is 9.48 Å². The van der Waals surface area contributed by atoms with E-state index in [2.05, 4.69) is 10.00 Å². The number of rotatable bonds is 9. The Kier molecular flexibility index (Phi) is 6.67. The predicted molar refractivity (Wildman–Crippen MR) is 77.4 cm³/mol. The molecule has 6 heteroatoms. The number of ketones is 1. The summed E-state index contributed by atoms with van der Waals surface area (Å²) in [7, 11) is 7.18. The standard InChI is InChI=1S/C14H25N3O3/c1-11(19-4)6-7-12(18)14-13(20-5)10-15-17(14)9-8-16(2)3/h10-11H,6-9H2,1-5H3. The Morgan fingerprint density at radius 3 is 2.70 bits per heavy atom. The van der Waals surface area contributed by atoms with Crippen molar-refractivity contribution in [3.8, 4) is 5.75 Å². The van der Waals surface area contributed by atoms with Gasteiger partial charge in [-0.1, -0.05) is 0 Å². The minimum Gasteiger partial charge on any atom is -0.493 e. The monoisotopic (exact) mass is 283 g/mol. The lowest BCUT2D eigenvalue weighted by Gasteiger charge is -2.13. The highest BCUT2D eigenvalue weighted by Crippen LogP contribution is 2.20. The molecule has 1 atom stereocenters. The van der Waals surface area contributed by atoms with Gasteiger partial charge in [0.05, 0.1) is 26.0 Å². The molecule has 20 heavy (non-hydrogen) atoms. The summed E-state index contributed by atoms with van der Waals surface area (Å²) in [6.45, 7) is 3.44. The van der Waals surface area contributed by atoms with Crippen molar-refractivity contribution >= 4 is 5.78 Å². The number of carbonyl (C=O) groups is 1. The molecule has 1 rings (SSSR count). The molecule has 0 spiro atoms. The summed E-state index contributed by atoms with van der Waals surface area (Å²) in [6.07, 6.45) is 2.79. The summed E-state index contributed by atoms with van der Waals surface area (Å²) >= 11 is 0. The number of likely N-dealkylation sites (N-methyl/N-ethyl adjacent to an activating group) is 1. The van der Waals surface area contributed by atoms with Crippen LogP contribution in [-0.2, 0) is 11.3 Å². The fraction of sp³-hybridized carbons (Fsp3) is 0.714. The summed E-state index contributed by atoms with van der Waals surface area (Å²) in [6, 6.07) is 0. The molecule has 0 fully saturated rings. The van der Waals surface area contributed by atoms with E-state index in [1.54, 1.807) is 25.1 Å². The van der Waals surface area contributed by atoms with Gasteiger partial charge < -0.3 is 14.4 Å². The molecule has 0 radical (unpaired) electrons. The van der Waals surface area contributed by atoms with E-state index in [0.717, 1.165) is 6.54 Å². The first-order chi connectivity index (χ1) is 9.49. The minimum absolute atomic E-state index is 0.0435. The number of carbonyl (C=O) groups excluding carboxylic acids is 1. The van der Waals surface area contributed by atoms with E-state index in [0.29, 0.717) is 30.8 Å². The Bertz CT molecular complexity index is 429. The largest absolute Gasteiger partial charge is 0.493 e. The van der Waals surface area contributed by atoms with Crippen molar-refractivity contribution in [2.75, 3.05) is 34.9 Å². The first-order valence-corrected chi connectivity index (χ1v) is 6.80. The van der Waals surface area contributed by atoms with Gasteiger partial charge in [-0.15, -0.1) is 0 Å².